The minimum absolute atomic E-state index is 0.163. The van der Waals surface area contributed by atoms with Gasteiger partial charge in [0.2, 0.25) is 0 Å². The summed E-state index contributed by atoms with van der Waals surface area (Å²) in [5.41, 5.74) is 3.74. The third-order valence-corrected chi connectivity index (χ3v) is 3.75. The number of hydrogen-bond donors (Lipinski definition) is 1. The van der Waals surface area contributed by atoms with Crippen molar-refractivity contribution in [2.24, 2.45) is 0 Å². The van der Waals surface area contributed by atoms with Crippen LogP contribution in [-0.4, -0.2) is 14.9 Å². The summed E-state index contributed by atoms with van der Waals surface area (Å²) in [5.74, 6) is 0.360. The number of nitrogens with zero attached hydrogens (tertiary/aromatic N) is 2. The van der Waals surface area contributed by atoms with Crippen molar-refractivity contribution in [1.82, 2.24) is 9.78 Å². The van der Waals surface area contributed by atoms with Crippen molar-refractivity contribution in [1.29, 1.82) is 0 Å². The summed E-state index contributed by atoms with van der Waals surface area (Å²) < 4.78 is 1.93. The summed E-state index contributed by atoms with van der Waals surface area (Å²) in [4.78, 5) is 0. The molecule has 0 fully saturated rings. The Labute approximate surface area is 127 Å². The maximum absolute atomic E-state index is 10.6. The highest BCUT2D eigenvalue weighted by Crippen LogP contribution is 2.36. The van der Waals surface area contributed by atoms with E-state index in [0.717, 1.165) is 41.9 Å². The highest BCUT2D eigenvalue weighted by molar-refractivity contribution is 5.47. The third-order valence-electron chi connectivity index (χ3n) is 3.75. The number of para-hydroxylation sites is 1. The minimum atomic E-state index is -0.163. The van der Waals surface area contributed by atoms with Crippen molar-refractivity contribution in [2.45, 2.75) is 59.3 Å². The molecule has 0 radical (unpaired) electrons. The maximum Gasteiger partial charge on any atom is 0.161 e. The van der Waals surface area contributed by atoms with Gasteiger partial charge in [0.05, 0.1) is 11.4 Å². The summed E-state index contributed by atoms with van der Waals surface area (Å²) in [6.07, 6.45) is 2.97. The number of benzene rings is 1. The second-order valence-electron chi connectivity index (χ2n) is 6.70. The first-order chi connectivity index (χ1) is 9.86. The molecule has 0 amide bonds. The highest BCUT2D eigenvalue weighted by Gasteiger charge is 2.28. The van der Waals surface area contributed by atoms with E-state index in [-0.39, 0.29) is 5.41 Å². The monoisotopic (exact) mass is 286 g/mol. The topological polar surface area (TPSA) is 38.0 Å². The van der Waals surface area contributed by atoms with Gasteiger partial charge in [-0.25, -0.2) is 4.68 Å². The zero-order chi connectivity index (χ0) is 15.6. The minimum Gasteiger partial charge on any atom is -0.504 e. The summed E-state index contributed by atoms with van der Waals surface area (Å²) in [6, 6.07) is 8.17. The van der Waals surface area contributed by atoms with Gasteiger partial charge in [0, 0.05) is 5.41 Å². The zero-order valence-corrected chi connectivity index (χ0v) is 13.8. The Hall–Kier alpha value is -1.77. The number of aromatic hydroxyl groups is 1. The molecule has 3 heteroatoms. The standard InChI is InChI=1S/C18H26N2O/c1-6-7-11-14-16(21)17(18(3,4)5)20(19-14)15-12-9-8-10-13(15)2/h8-10,12,21H,6-7,11H2,1-5H3. The number of aromatic nitrogens is 2. The van der Waals surface area contributed by atoms with Crippen molar-refractivity contribution < 1.29 is 5.11 Å². The maximum atomic E-state index is 10.6. The number of rotatable bonds is 4. The Morgan fingerprint density at radius 3 is 2.43 bits per heavy atom. The van der Waals surface area contributed by atoms with E-state index in [2.05, 4.69) is 46.8 Å². The molecular formula is C18H26N2O. The van der Waals surface area contributed by atoms with Gasteiger partial charge in [-0.1, -0.05) is 52.3 Å². The molecule has 1 heterocycles. The van der Waals surface area contributed by atoms with Crippen LogP contribution in [0.25, 0.3) is 5.69 Å². The van der Waals surface area contributed by atoms with Crippen molar-refractivity contribution in [3.8, 4) is 11.4 Å². The molecule has 0 spiro atoms. The molecule has 0 saturated heterocycles. The molecule has 0 aliphatic carbocycles. The lowest BCUT2D eigenvalue weighted by Gasteiger charge is -2.21. The Bertz CT molecular complexity index is 621. The number of hydrogen-bond acceptors (Lipinski definition) is 2. The van der Waals surface area contributed by atoms with Gasteiger partial charge in [0.15, 0.2) is 5.75 Å². The van der Waals surface area contributed by atoms with E-state index in [1.807, 2.05) is 16.8 Å². The van der Waals surface area contributed by atoms with Gasteiger partial charge in [-0.3, -0.25) is 0 Å². The lowest BCUT2D eigenvalue weighted by Crippen LogP contribution is -2.18. The van der Waals surface area contributed by atoms with Crippen LogP contribution in [0, 0.1) is 6.92 Å². The quantitative estimate of drug-likeness (QED) is 0.897. The molecule has 1 aromatic heterocycles. The van der Waals surface area contributed by atoms with Gasteiger partial charge >= 0.3 is 0 Å². The molecule has 114 valence electrons. The number of aryl methyl sites for hydroxylation is 2. The molecule has 3 nitrogen and oxygen atoms in total. The average Bonchev–Trinajstić information content (AvgIpc) is 2.73. The first-order valence-electron chi connectivity index (χ1n) is 7.73. The van der Waals surface area contributed by atoms with Gasteiger partial charge in [0.25, 0.3) is 0 Å². The van der Waals surface area contributed by atoms with Gasteiger partial charge < -0.3 is 5.11 Å². The Balaban J connectivity index is 2.62. The third kappa shape index (κ3) is 3.12. The fourth-order valence-electron chi connectivity index (χ4n) is 2.62. The zero-order valence-electron chi connectivity index (χ0n) is 13.8. The molecule has 0 aliphatic heterocycles. The van der Waals surface area contributed by atoms with E-state index in [1.165, 1.54) is 0 Å². The molecule has 2 rings (SSSR count). The highest BCUT2D eigenvalue weighted by atomic mass is 16.3. The summed E-state index contributed by atoms with van der Waals surface area (Å²) in [7, 11) is 0. The second kappa shape index (κ2) is 5.92. The van der Waals surface area contributed by atoms with Crippen LogP contribution >= 0.6 is 0 Å². The molecule has 0 unspecified atom stereocenters. The van der Waals surface area contributed by atoms with E-state index in [1.54, 1.807) is 0 Å². The molecule has 21 heavy (non-hydrogen) atoms. The molecule has 1 N–H and O–H groups in total. The van der Waals surface area contributed by atoms with Crippen molar-refractivity contribution in [3.63, 3.8) is 0 Å². The largest absolute Gasteiger partial charge is 0.504 e. The van der Waals surface area contributed by atoms with Gasteiger partial charge in [-0.05, 0) is 31.4 Å². The SMILES string of the molecule is CCCCc1nn(-c2ccccc2C)c(C(C)(C)C)c1O. The molecule has 0 saturated carbocycles. The normalized spacial score (nSPS) is 11.9. The fourth-order valence-corrected chi connectivity index (χ4v) is 2.62. The Kier molecular flexibility index (Phi) is 4.40. The van der Waals surface area contributed by atoms with Crippen molar-refractivity contribution >= 4 is 0 Å². The van der Waals surface area contributed by atoms with Crippen LogP contribution in [0.15, 0.2) is 24.3 Å². The lowest BCUT2D eigenvalue weighted by molar-refractivity contribution is 0.434. The van der Waals surface area contributed by atoms with E-state index in [0.29, 0.717) is 5.75 Å². The summed E-state index contributed by atoms with van der Waals surface area (Å²) in [6.45, 7) is 10.6. The van der Waals surface area contributed by atoms with Crippen LogP contribution < -0.4 is 0 Å². The van der Waals surface area contributed by atoms with Crippen molar-refractivity contribution in [3.05, 3.63) is 41.2 Å². The Morgan fingerprint density at radius 1 is 1.19 bits per heavy atom. The van der Waals surface area contributed by atoms with E-state index in [4.69, 9.17) is 5.10 Å². The first-order valence-corrected chi connectivity index (χ1v) is 7.73. The summed E-state index contributed by atoms with van der Waals surface area (Å²) in [5, 5.41) is 15.4. The van der Waals surface area contributed by atoms with Crippen LogP contribution in [-0.2, 0) is 11.8 Å². The number of unbranched alkanes of at least 4 members (excludes halogenated alkanes) is 1. The Morgan fingerprint density at radius 2 is 1.86 bits per heavy atom. The van der Waals surface area contributed by atoms with Gasteiger partial charge in [0.1, 0.15) is 5.69 Å². The van der Waals surface area contributed by atoms with E-state index >= 15 is 0 Å². The smallest absolute Gasteiger partial charge is 0.161 e. The predicted molar refractivity (Wildman–Crippen MR) is 87.3 cm³/mol. The average molecular weight is 286 g/mol. The fraction of sp³-hybridized carbons (Fsp3) is 0.500. The van der Waals surface area contributed by atoms with Crippen molar-refractivity contribution in [2.75, 3.05) is 0 Å². The molecule has 0 bridgehead atoms. The second-order valence-corrected chi connectivity index (χ2v) is 6.70. The van der Waals surface area contributed by atoms with Crippen LogP contribution in [0.4, 0.5) is 0 Å². The molecule has 0 atom stereocenters. The first kappa shape index (κ1) is 15.6. The molecule has 0 aliphatic rings. The van der Waals surface area contributed by atoms with Crippen LogP contribution in [0.3, 0.4) is 0 Å². The van der Waals surface area contributed by atoms with E-state index in [9.17, 15) is 5.11 Å². The van der Waals surface area contributed by atoms with Crippen LogP contribution in [0.1, 0.15) is 57.5 Å². The molecule has 2 aromatic rings. The van der Waals surface area contributed by atoms with Gasteiger partial charge in [-0.2, -0.15) is 5.10 Å². The molecular weight excluding hydrogens is 260 g/mol. The molecule has 1 aromatic carbocycles. The lowest BCUT2D eigenvalue weighted by atomic mass is 9.90. The van der Waals surface area contributed by atoms with Crippen LogP contribution in [0.2, 0.25) is 0 Å². The summed E-state index contributed by atoms with van der Waals surface area (Å²) >= 11 is 0. The predicted octanol–water partition coefficient (Wildman–Crippen LogP) is 4.53. The van der Waals surface area contributed by atoms with Gasteiger partial charge in [-0.15, -0.1) is 0 Å². The van der Waals surface area contributed by atoms with Crippen LogP contribution in [0.5, 0.6) is 5.75 Å². The van der Waals surface area contributed by atoms with E-state index < -0.39 is 0 Å².